The molecule has 23 heavy (non-hydrogen) atoms. The van der Waals surface area contributed by atoms with Gasteiger partial charge in [0.15, 0.2) is 17.8 Å². The molecule has 122 valence electrons. The zero-order valence-corrected chi connectivity index (χ0v) is 13.4. The van der Waals surface area contributed by atoms with E-state index in [0.717, 1.165) is 16.9 Å². The Hall–Kier alpha value is -2.40. The van der Waals surface area contributed by atoms with Crippen molar-refractivity contribution in [1.82, 2.24) is 0 Å². The van der Waals surface area contributed by atoms with Crippen LogP contribution in [0.3, 0.4) is 0 Å². The largest absolute Gasteiger partial charge is 0.497 e. The van der Waals surface area contributed by atoms with Gasteiger partial charge in [-0.05, 0) is 30.7 Å². The fourth-order valence-corrected chi connectivity index (χ4v) is 2.64. The van der Waals surface area contributed by atoms with Gasteiger partial charge in [-0.3, -0.25) is 0 Å². The topological polar surface area (TPSA) is 57.2 Å². The van der Waals surface area contributed by atoms with E-state index >= 15 is 0 Å². The molecule has 0 amide bonds. The number of ether oxygens (including phenoxy) is 4. The summed E-state index contributed by atoms with van der Waals surface area (Å²) in [5.41, 5.74) is 2.04. The lowest BCUT2D eigenvalue weighted by atomic mass is 9.92. The molecule has 5 nitrogen and oxygen atoms in total. The highest BCUT2D eigenvalue weighted by Crippen LogP contribution is 2.42. The zero-order chi connectivity index (χ0) is 16.4. The van der Waals surface area contributed by atoms with Crippen LogP contribution in [0.15, 0.2) is 36.4 Å². The maximum absolute atomic E-state index is 9.59. The Bertz CT molecular complexity index is 679. The van der Waals surface area contributed by atoms with Crippen molar-refractivity contribution in [3.05, 3.63) is 47.5 Å². The molecule has 1 N–H and O–H groups in total. The first-order valence-electron chi connectivity index (χ1n) is 7.50. The predicted molar refractivity (Wildman–Crippen MR) is 85.4 cm³/mol. The van der Waals surface area contributed by atoms with Gasteiger partial charge in [-0.25, -0.2) is 0 Å². The molecule has 1 heterocycles. The number of benzene rings is 2. The molecule has 0 spiro atoms. The van der Waals surface area contributed by atoms with Gasteiger partial charge in [0.1, 0.15) is 11.5 Å². The number of hydrogen-bond donors (Lipinski definition) is 1. The van der Waals surface area contributed by atoms with Gasteiger partial charge in [-0.1, -0.05) is 19.1 Å². The molecule has 0 aromatic heterocycles. The Morgan fingerprint density at radius 1 is 1.04 bits per heavy atom. The lowest BCUT2D eigenvalue weighted by Gasteiger charge is -2.19. The fourth-order valence-electron chi connectivity index (χ4n) is 2.64. The van der Waals surface area contributed by atoms with Gasteiger partial charge >= 0.3 is 0 Å². The third-order valence-corrected chi connectivity index (χ3v) is 3.88. The van der Waals surface area contributed by atoms with E-state index < -0.39 is 6.29 Å². The van der Waals surface area contributed by atoms with Gasteiger partial charge in [0, 0.05) is 17.5 Å². The second-order valence-electron chi connectivity index (χ2n) is 5.46. The molecule has 1 aliphatic rings. The summed E-state index contributed by atoms with van der Waals surface area (Å²) in [6.45, 7) is 3.85. The lowest BCUT2D eigenvalue weighted by molar-refractivity contribution is -0.00118. The average molecular weight is 316 g/mol. The molecule has 2 atom stereocenters. The normalized spacial score (nSPS) is 15.1. The monoisotopic (exact) mass is 316 g/mol. The highest BCUT2D eigenvalue weighted by Gasteiger charge is 2.22. The van der Waals surface area contributed by atoms with E-state index in [4.69, 9.17) is 18.9 Å². The van der Waals surface area contributed by atoms with Crippen LogP contribution in [0.1, 0.15) is 30.9 Å². The number of aliphatic hydroxyl groups excluding tert-OH is 1. The summed E-state index contributed by atoms with van der Waals surface area (Å²) in [6.07, 6.45) is -0.905. The molecular weight excluding hydrogens is 296 g/mol. The van der Waals surface area contributed by atoms with Crippen LogP contribution in [0.25, 0.3) is 0 Å². The van der Waals surface area contributed by atoms with E-state index in [-0.39, 0.29) is 12.7 Å². The average Bonchev–Trinajstić information content (AvgIpc) is 3.00. The van der Waals surface area contributed by atoms with Crippen molar-refractivity contribution < 1.29 is 24.1 Å². The zero-order valence-electron chi connectivity index (χ0n) is 13.4. The smallest absolute Gasteiger partial charge is 0.231 e. The molecule has 0 fully saturated rings. The fraction of sp³-hybridized carbons (Fsp3) is 0.333. The summed E-state index contributed by atoms with van der Waals surface area (Å²) in [6, 6.07) is 11.6. The van der Waals surface area contributed by atoms with E-state index in [0.29, 0.717) is 17.2 Å². The Morgan fingerprint density at radius 3 is 2.30 bits per heavy atom. The number of hydrogen-bond acceptors (Lipinski definition) is 5. The van der Waals surface area contributed by atoms with Gasteiger partial charge in [0.25, 0.3) is 0 Å². The Kier molecular flexibility index (Phi) is 4.30. The molecule has 5 heteroatoms. The van der Waals surface area contributed by atoms with Gasteiger partial charge in [0.05, 0.1) is 7.11 Å². The molecule has 0 saturated heterocycles. The van der Waals surface area contributed by atoms with Crippen LogP contribution < -0.4 is 18.9 Å². The number of rotatable bonds is 5. The Balaban J connectivity index is 1.98. The minimum absolute atomic E-state index is 0.0594. The van der Waals surface area contributed by atoms with Crippen molar-refractivity contribution in [3.63, 3.8) is 0 Å². The molecule has 1 aliphatic heterocycles. The van der Waals surface area contributed by atoms with Crippen LogP contribution in [-0.2, 0) is 0 Å². The van der Waals surface area contributed by atoms with Crippen molar-refractivity contribution in [2.45, 2.75) is 26.1 Å². The first-order valence-corrected chi connectivity index (χ1v) is 7.50. The van der Waals surface area contributed by atoms with Gasteiger partial charge in [-0.15, -0.1) is 0 Å². The van der Waals surface area contributed by atoms with Gasteiger partial charge < -0.3 is 24.1 Å². The van der Waals surface area contributed by atoms with E-state index in [9.17, 15) is 5.11 Å². The van der Waals surface area contributed by atoms with Crippen LogP contribution in [-0.4, -0.2) is 25.3 Å². The number of fused-ring (bicyclic) bond motifs is 1. The maximum Gasteiger partial charge on any atom is 0.231 e. The molecular formula is C18H20O5. The first kappa shape index (κ1) is 15.5. The molecule has 0 saturated carbocycles. The first-order chi connectivity index (χ1) is 11.1. The number of methoxy groups -OCH3 is 1. The van der Waals surface area contributed by atoms with E-state index in [1.165, 1.54) is 0 Å². The van der Waals surface area contributed by atoms with Gasteiger partial charge in [0.2, 0.25) is 6.79 Å². The van der Waals surface area contributed by atoms with E-state index in [1.807, 2.05) is 30.3 Å². The summed E-state index contributed by atoms with van der Waals surface area (Å²) in [7, 11) is 1.64. The summed E-state index contributed by atoms with van der Waals surface area (Å²) < 4.78 is 21.6. The summed E-state index contributed by atoms with van der Waals surface area (Å²) >= 11 is 0. The molecule has 0 radical (unpaired) electrons. The minimum Gasteiger partial charge on any atom is -0.497 e. The summed E-state index contributed by atoms with van der Waals surface area (Å²) in [5.74, 6) is 2.79. The molecule has 0 bridgehead atoms. The molecule has 0 unspecified atom stereocenters. The van der Waals surface area contributed by atoms with Crippen molar-refractivity contribution in [3.8, 4) is 23.0 Å². The predicted octanol–water partition coefficient (Wildman–Crippen LogP) is 3.29. The van der Waals surface area contributed by atoms with Crippen LogP contribution in [0, 0.1) is 0 Å². The highest BCUT2D eigenvalue weighted by molar-refractivity contribution is 5.54. The Morgan fingerprint density at radius 2 is 1.70 bits per heavy atom. The van der Waals surface area contributed by atoms with Crippen molar-refractivity contribution in [2.24, 2.45) is 0 Å². The van der Waals surface area contributed by atoms with Crippen LogP contribution in [0.2, 0.25) is 0 Å². The van der Waals surface area contributed by atoms with Crippen LogP contribution >= 0.6 is 0 Å². The van der Waals surface area contributed by atoms with Crippen LogP contribution in [0.5, 0.6) is 23.0 Å². The highest BCUT2D eigenvalue weighted by atomic mass is 16.7. The van der Waals surface area contributed by atoms with Crippen molar-refractivity contribution in [2.75, 3.05) is 13.9 Å². The number of aliphatic hydroxyl groups is 1. The molecule has 2 aromatic carbocycles. The third-order valence-electron chi connectivity index (χ3n) is 3.88. The van der Waals surface area contributed by atoms with E-state index in [1.54, 1.807) is 20.1 Å². The molecule has 0 aliphatic carbocycles. The minimum atomic E-state index is -0.905. The second-order valence-corrected chi connectivity index (χ2v) is 5.46. The Labute approximate surface area is 135 Å². The SMILES string of the molecule is COc1ccc([C@H](C)c2cc3c(cc2O[C@@H](C)O)OCO3)cc1. The maximum atomic E-state index is 9.59. The standard InChI is InChI=1S/C18H20O5/c1-11(13-4-6-14(20-3)7-5-13)15-8-17-18(22-10-21-17)9-16(15)23-12(2)19/h4-9,11-12,19H,10H2,1-3H3/t11-,12-/m0/s1. The van der Waals surface area contributed by atoms with Gasteiger partial charge in [-0.2, -0.15) is 0 Å². The van der Waals surface area contributed by atoms with Crippen LogP contribution in [0.4, 0.5) is 0 Å². The molecule has 2 aromatic rings. The lowest BCUT2D eigenvalue weighted by Crippen LogP contribution is -2.12. The van der Waals surface area contributed by atoms with Crippen molar-refractivity contribution >= 4 is 0 Å². The third kappa shape index (κ3) is 3.19. The quantitative estimate of drug-likeness (QED) is 0.858. The van der Waals surface area contributed by atoms with Crippen molar-refractivity contribution in [1.29, 1.82) is 0 Å². The van der Waals surface area contributed by atoms with E-state index in [2.05, 4.69) is 6.92 Å². The second kappa shape index (κ2) is 6.38. The summed E-state index contributed by atoms with van der Waals surface area (Å²) in [4.78, 5) is 0. The molecule has 3 rings (SSSR count). The summed E-state index contributed by atoms with van der Waals surface area (Å²) in [5, 5.41) is 9.59.